The van der Waals surface area contributed by atoms with Crippen molar-refractivity contribution >= 4 is 12.6 Å². The predicted molar refractivity (Wildman–Crippen MR) is 66.6 cm³/mol. The van der Waals surface area contributed by atoms with E-state index in [1.807, 2.05) is 0 Å². The van der Waals surface area contributed by atoms with Crippen LogP contribution in [0.3, 0.4) is 0 Å². The lowest BCUT2D eigenvalue weighted by atomic mass is 9.83. The van der Waals surface area contributed by atoms with Crippen molar-refractivity contribution in [1.82, 2.24) is 0 Å². The van der Waals surface area contributed by atoms with Gasteiger partial charge in [-0.15, -0.1) is 0 Å². The summed E-state index contributed by atoms with van der Waals surface area (Å²) in [5.74, 6) is 1.64. The lowest BCUT2D eigenvalue weighted by Gasteiger charge is -2.35. The zero-order valence-corrected chi connectivity index (χ0v) is 10.9. The molecule has 0 aliphatic carbocycles. The molecule has 0 amide bonds. The Morgan fingerprint density at radius 1 is 1.33 bits per heavy atom. The first-order valence-electron chi connectivity index (χ1n) is 5.95. The second-order valence-corrected chi connectivity index (χ2v) is 5.32. The van der Waals surface area contributed by atoms with Crippen molar-refractivity contribution in [3.05, 3.63) is 0 Å². The molecule has 0 atom stereocenters. The van der Waals surface area contributed by atoms with Crippen LogP contribution in [-0.2, 0) is 9.47 Å². The molecule has 0 unspecified atom stereocenters. The largest absolute Gasteiger partial charge is 0.381 e. The third-order valence-corrected chi connectivity index (χ3v) is 3.81. The van der Waals surface area contributed by atoms with Gasteiger partial charge in [-0.05, 0) is 30.9 Å². The first-order valence-corrected chi connectivity index (χ1v) is 6.58. The minimum Gasteiger partial charge on any atom is -0.381 e. The molecule has 1 aliphatic rings. The van der Waals surface area contributed by atoms with Crippen LogP contribution in [0.2, 0.25) is 0 Å². The second kappa shape index (κ2) is 6.77. The smallest absolute Gasteiger partial charge is 0.0531 e. The van der Waals surface area contributed by atoms with E-state index in [9.17, 15) is 0 Å². The molecule has 0 bridgehead atoms. The van der Waals surface area contributed by atoms with Crippen LogP contribution in [0, 0.1) is 11.3 Å². The Bertz CT molecular complexity index is 165. The number of ether oxygens (including phenoxy) is 2. The van der Waals surface area contributed by atoms with E-state index in [0.29, 0.717) is 0 Å². The highest BCUT2D eigenvalue weighted by Gasteiger charge is 2.31. The molecule has 0 radical (unpaired) electrons. The van der Waals surface area contributed by atoms with E-state index in [-0.39, 0.29) is 5.41 Å². The molecule has 0 saturated carbocycles. The van der Waals surface area contributed by atoms with Gasteiger partial charge in [0.15, 0.2) is 0 Å². The van der Waals surface area contributed by atoms with Gasteiger partial charge in [-0.2, -0.15) is 12.6 Å². The standard InChI is InChI=1S/C12H24O2S/c1-11(2)3-6-14-9-12(10-15)4-7-13-8-5-12/h11,15H,3-10H2,1-2H3. The molecule has 1 heterocycles. The average Bonchev–Trinajstić information content (AvgIpc) is 2.26. The molecule has 2 nitrogen and oxygen atoms in total. The Labute approximate surface area is 99.1 Å². The van der Waals surface area contributed by atoms with Gasteiger partial charge in [0, 0.05) is 25.2 Å². The SMILES string of the molecule is CC(C)CCOCC1(CS)CCOCC1. The Kier molecular flexibility index (Phi) is 6.02. The first kappa shape index (κ1) is 13.3. The maximum atomic E-state index is 5.77. The highest BCUT2D eigenvalue weighted by molar-refractivity contribution is 7.80. The molecule has 1 saturated heterocycles. The van der Waals surface area contributed by atoms with E-state index in [2.05, 4.69) is 26.5 Å². The van der Waals surface area contributed by atoms with Gasteiger partial charge in [0.2, 0.25) is 0 Å². The number of hydrogen-bond donors (Lipinski definition) is 1. The van der Waals surface area contributed by atoms with Gasteiger partial charge in [-0.25, -0.2) is 0 Å². The summed E-state index contributed by atoms with van der Waals surface area (Å²) in [5.41, 5.74) is 0.276. The quantitative estimate of drug-likeness (QED) is 0.561. The third-order valence-electron chi connectivity index (χ3n) is 3.14. The second-order valence-electron chi connectivity index (χ2n) is 5.01. The van der Waals surface area contributed by atoms with Gasteiger partial charge in [0.1, 0.15) is 0 Å². The normalized spacial score (nSPS) is 20.8. The van der Waals surface area contributed by atoms with E-state index < -0.39 is 0 Å². The Morgan fingerprint density at radius 2 is 2.00 bits per heavy atom. The van der Waals surface area contributed by atoms with E-state index >= 15 is 0 Å². The molecule has 3 heteroatoms. The van der Waals surface area contributed by atoms with Gasteiger partial charge in [-0.1, -0.05) is 13.8 Å². The van der Waals surface area contributed by atoms with Crippen LogP contribution in [0.1, 0.15) is 33.1 Å². The van der Waals surface area contributed by atoms with Crippen LogP contribution in [0.15, 0.2) is 0 Å². The summed E-state index contributed by atoms with van der Waals surface area (Å²) in [6.45, 7) is 7.93. The fraction of sp³-hybridized carbons (Fsp3) is 1.00. The fourth-order valence-corrected chi connectivity index (χ4v) is 2.17. The summed E-state index contributed by atoms with van der Waals surface area (Å²) < 4.78 is 11.2. The summed E-state index contributed by atoms with van der Waals surface area (Å²) in [7, 11) is 0. The minimum atomic E-state index is 0.276. The molecule has 15 heavy (non-hydrogen) atoms. The minimum absolute atomic E-state index is 0.276. The molecule has 0 aromatic rings. The monoisotopic (exact) mass is 232 g/mol. The molecule has 1 aliphatic heterocycles. The maximum Gasteiger partial charge on any atom is 0.0531 e. The van der Waals surface area contributed by atoms with E-state index in [1.165, 1.54) is 0 Å². The lowest BCUT2D eigenvalue weighted by Crippen LogP contribution is -2.36. The van der Waals surface area contributed by atoms with Gasteiger partial charge in [0.05, 0.1) is 6.61 Å². The van der Waals surface area contributed by atoms with Crippen LogP contribution >= 0.6 is 12.6 Å². The van der Waals surface area contributed by atoms with Gasteiger partial charge in [0.25, 0.3) is 0 Å². The van der Waals surface area contributed by atoms with Crippen molar-refractivity contribution in [3.63, 3.8) is 0 Å². The van der Waals surface area contributed by atoms with Crippen LogP contribution in [0.5, 0.6) is 0 Å². The number of rotatable bonds is 6. The van der Waals surface area contributed by atoms with E-state index in [0.717, 1.165) is 57.4 Å². The van der Waals surface area contributed by atoms with Crippen LogP contribution in [0.4, 0.5) is 0 Å². The highest BCUT2D eigenvalue weighted by atomic mass is 32.1. The van der Waals surface area contributed by atoms with E-state index in [1.54, 1.807) is 0 Å². The molecule has 1 rings (SSSR count). The Morgan fingerprint density at radius 3 is 2.53 bits per heavy atom. The number of hydrogen-bond acceptors (Lipinski definition) is 3. The summed E-state index contributed by atoms with van der Waals surface area (Å²) in [4.78, 5) is 0. The zero-order valence-electron chi connectivity index (χ0n) is 10.00. The van der Waals surface area contributed by atoms with Crippen molar-refractivity contribution in [3.8, 4) is 0 Å². The molecular weight excluding hydrogens is 208 g/mol. The van der Waals surface area contributed by atoms with Gasteiger partial charge < -0.3 is 9.47 Å². The molecule has 0 N–H and O–H groups in total. The highest BCUT2D eigenvalue weighted by Crippen LogP contribution is 2.32. The molecular formula is C12H24O2S. The molecule has 90 valence electrons. The fourth-order valence-electron chi connectivity index (χ4n) is 1.76. The van der Waals surface area contributed by atoms with Crippen molar-refractivity contribution in [1.29, 1.82) is 0 Å². The van der Waals surface area contributed by atoms with Crippen molar-refractivity contribution in [2.45, 2.75) is 33.1 Å². The third kappa shape index (κ3) is 4.75. The average molecular weight is 232 g/mol. The lowest BCUT2D eigenvalue weighted by molar-refractivity contribution is -0.0287. The molecule has 0 aromatic heterocycles. The van der Waals surface area contributed by atoms with Crippen LogP contribution in [0.25, 0.3) is 0 Å². The number of thiol groups is 1. The zero-order chi connectivity index (χ0) is 11.1. The van der Waals surface area contributed by atoms with E-state index in [4.69, 9.17) is 9.47 Å². The van der Waals surface area contributed by atoms with Gasteiger partial charge >= 0.3 is 0 Å². The summed E-state index contributed by atoms with van der Waals surface area (Å²) in [5, 5.41) is 0. The summed E-state index contributed by atoms with van der Waals surface area (Å²) in [6, 6.07) is 0. The Hall–Kier alpha value is 0.270. The van der Waals surface area contributed by atoms with Crippen molar-refractivity contribution < 1.29 is 9.47 Å². The topological polar surface area (TPSA) is 18.5 Å². The predicted octanol–water partition coefficient (Wildman–Crippen LogP) is 2.78. The maximum absolute atomic E-state index is 5.77. The Balaban J connectivity index is 2.20. The van der Waals surface area contributed by atoms with Crippen molar-refractivity contribution in [2.75, 3.05) is 32.2 Å². The van der Waals surface area contributed by atoms with Crippen LogP contribution < -0.4 is 0 Å². The first-order chi connectivity index (χ1) is 7.18. The molecule has 1 fully saturated rings. The molecule has 0 aromatic carbocycles. The summed E-state index contributed by atoms with van der Waals surface area (Å²) in [6.07, 6.45) is 3.34. The summed E-state index contributed by atoms with van der Waals surface area (Å²) >= 11 is 4.46. The van der Waals surface area contributed by atoms with Crippen LogP contribution in [-0.4, -0.2) is 32.2 Å². The van der Waals surface area contributed by atoms with Crippen molar-refractivity contribution in [2.24, 2.45) is 11.3 Å². The molecule has 0 spiro atoms. The van der Waals surface area contributed by atoms with Gasteiger partial charge in [-0.3, -0.25) is 0 Å².